The van der Waals surface area contributed by atoms with E-state index in [-0.39, 0.29) is 42.2 Å². The molecule has 198 valence electrons. The molecule has 37 heavy (non-hydrogen) atoms. The van der Waals surface area contributed by atoms with E-state index in [0.29, 0.717) is 48.2 Å². The highest BCUT2D eigenvalue weighted by Gasteiger charge is 2.36. The molecule has 1 atom stereocenters. The Morgan fingerprint density at radius 3 is 2.51 bits per heavy atom. The van der Waals surface area contributed by atoms with Crippen LogP contribution < -0.4 is 5.32 Å². The molecule has 5 rings (SSSR count). The molecule has 2 aliphatic carbocycles. The number of nitrogens with one attached hydrogen (secondary N) is 1. The summed E-state index contributed by atoms with van der Waals surface area (Å²) >= 11 is 0. The van der Waals surface area contributed by atoms with Crippen LogP contribution in [-0.4, -0.2) is 47.5 Å². The molecule has 2 aliphatic rings. The first kappa shape index (κ1) is 25.5. The summed E-state index contributed by atoms with van der Waals surface area (Å²) in [5.74, 6) is -2.42. The lowest BCUT2D eigenvalue weighted by molar-refractivity contribution is -0.0471. The molecule has 0 aromatic carbocycles. The van der Waals surface area contributed by atoms with Gasteiger partial charge in [0.1, 0.15) is 11.2 Å². The van der Waals surface area contributed by atoms with Crippen LogP contribution in [0.2, 0.25) is 0 Å². The molecule has 0 bridgehead atoms. The third kappa shape index (κ3) is 5.29. The molecule has 2 fully saturated rings. The second-order valence-corrected chi connectivity index (χ2v) is 11.0. The molecule has 0 saturated heterocycles. The van der Waals surface area contributed by atoms with Gasteiger partial charge in [-0.25, -0.2) is 28.5 Å². The van der Waals surface area contributed by atoms with E-state index in [1.54, 1.807) is 6.20 Å². The van der Waals surface area contributed by atoms with E-state index < -0.39 is 11.9 Å². The zero-order valence-corrected chi connectivity index (χ0v) is 21.5. The summed E-state index contributed by atoms with van der Waals surface area (Å²) in [6, 6.07) is 4.03. The number of carbonyl (C=O) groups is 1. The molecule has 2 N–H and O–H groups in total. The molecule has 10 heteroatoms. The number of alkyl halides is 2. The minimum absolute atomic E-state index is 0.0279. The zero-order chi connectivity index (χ0) is 26.3. The van der Waals surface area contributed by atoms with E-state index in [2.05, 4.69) is 41.0 Å². The second-order valence-electron chi connectivity index (χ2n) is 11.0. The summed E-state index contributed by atoms with van der Waals surface area (Å²) in [5, 5.41) is 13.2. The first-order valence-electron chi connectivity index (χ1n) is 13.2. The highest BCUT2D eigenvalue weighted by atomic mass is 19.3. The van der Waals surface area contributed by atoms with Crippen LogP contribution in [-0.2, 0) is 6.54 Å². The molecule has 8 nitrogen and oxygen atoms in total. The molecule has 0 radical (unpaired) electrons. The number of carboxylic acids is 1. The van der Waals surface area contributed by atoms with Gasteiger partial charge in [-0.1, -0.05) is 20.3 Å². The Morgan fingerprint density at radius 2 is 1.89 bits per heavy atom. The largest absolute Gasteiger partial charge is 0.475 e. The molecule has 0 aliphatic heterocycles. The second kappa shape index (κ2) is 9.95. The first-order chi connectivity index (χ1) is 17.6. The van der Waals surface area contributed by atoms with Crippen LogP contribution in [0.4, 0.5) is 14.6 Å². The Kier molecular flexibility index (Phi) is 6.85. The summed E-state index contributed by atoms with van der Waals surface area (Å²) in [7, 11) is 0. The summed E-state index contributed by atoms with van der Waals surface area (Å²) in [6.07, 6.45) is 5.68. The van der Waals surface area contributed by atoms with Crippen molar-refractivity contribution in [2.45, 2.75) is 90.1 Å². The SMILES string of the molecule is CC(C)c1ccnc(-c2nc3nc(C(=O)O)nc(N[C@H](C)C4CCC4)c3n2CC2CCC(F)(F)CC2)c1. The number of aromatic nitrogens is 5. The van der Waals surface area contributed by atoms with Crippen LogP contribution in [0.5, 0.6) is 0 Å². The van der Waals surface area contributed by atoms with Gasteiger partial charge in [-0.2, -0.15) is 0 Å². The summed E-state index contributed by atoms with van der Waals surface area (Å²) < 4.78 is 29.8. The number of nitrogens with zero attached hydrogens (tertiary/aromatic N) is 5. The van der Waals surface area contributed by atoms with Crippen molar-refractivity contribution in [3.8, 4) is 11.5 Å². The Labute approximate surface area is 214 Å². The van der Waals surface area contributed by atoms with Crippen LogP contribution in [0, 0.1) is 11.8 Å². The lowest BCUT2D eigenvalue weighted by atomic mass is 9.80. The number of hydrogen-bond donors (Lipinski definition) is 2. The molecular weight excluding hydrogens is 478 g/mol. The minimum atomic E-state index is -2.62. The van der Waals surface area contributed by atoms with Crippen LogP contribution in [0.1, 0.15) is 87.8 Å². The fourth-order valence-electron chi connectivity index (χ4n) is 5.35. The quantitative estimate of drug-likeness (QED) is 0.374. The van der Waals surface area contributed by atoms with Crippen molar-refractivity contribution in [2.75, 3.05) is 5.32 Å². The number of imidazole rings is 1. The van der Waals surface area contributed by atoms with Crippen molar-refractivity contribution in [1.82, 2.24) is 24.5 Å². The lowest BCUT2D eigenvalue weighted by Crippen LogP contribution is -2.31. The van der Waals surface area contributed by atoms with Gasteiger partial charge < -0.3 is 15.0 Å². The first-order valence-corrected chi connectivity index (χ1v) is 13.2. The normalized spacial score (nSPS) is 19.2. The van der Waals surface area contributed by atoms with Gasteiger partial charge in [0.25, 0.3) is 0 Å². The predicted octanol–water partition coefficient (Wildman–Crippen LogP) is 6.14. The molecule has 3 aromatic heterocycles. The van der Waals surface area contributed by atoms with Crippen molar-refractivity contribution in [3.05, 3.63) is 29.7 Å². The maximum absolute atomic E-state index is 13.9. The number of anilines is 1. The Bertz CT molecular complexity index is 1290. The lowest BCUT2D eigenvalue weighted by Gasteiger charge is -2.32. The molecule has 0 unspecified atom stereocenters. The van der Waals surface area contributed by atoms with Crippen LogP contribution >= 0.6 is 0 Å². The Morgan fingerprint density at radius 1 is 1.16 bits per heavy atom. The van der Waals surface area contributed by atoms with Crippen molar-refractivity contribution in [2.24, 2.45) is 11.8 Å². The third-order valence-electron chi connectivity index (χ3n) is 7.97. The molecule has 0 spiro atoms. The molecule has 3 aromatic rings. The van der Waals surface area contributed by atoms with E-state index in [4.69, 9.17) is 4.98 Å². The Hall–Kier alpha value is -3.17. The highest BCUT2D eigenvalue weighted by molar-refractivity contribution is 5.92. The van der Waals surface area contributed by atoms with Gasteiger partial charge in [-0.15, -0.1) is 0 Å². The maximum Gasteiger partial charge on any atom is 0.374 e. The highest BCUT2D eigenvalue weighted by Crippen LogP contribution is 2.39. The number of carboxylic acid groups (broad SMARTS) is 1. The van der Waals surface area contributed by atoms with Gasteiger partial charge in [0.15, 0.2) is 17.3 Å². The summed E-state index contributed by atoms with van der Waals surface area (Å²) in [5.41, 5.74) is 2.60. The number of rotatable bonds is 8. The van der Waals surface area contributed by atoms with Crippen LogP contribution in [0.25, 0.3) is 22.7 Å². The van der Waals surface area contributed by atoms with Crippen molar-refractivity contribution < 1.29 is 18.7 Å². The summed E-state index contributed by atoms with van der Waals surface area (Å²) in [6.45, 7) is 6.73. The van der Waals surface area contributed by atoms with Crippen molar-refractivity contribution in [3.63, 3.8) is 0 Å². The van der Waals surface area contributed by atoms with E-state index in [1.807, 2.05) is 16.7 Å². The van der Waals surface area contributed by atoms with E-state index in [9.17, 15) is 18.7 Å². The molecule has 2 saturated carbocycles. The summed E-state index contributed by atoms with van der Waals surface area (Å²) in [4.78, 5) is 29.9. The number of aromatic carboxylic acids is 1. The topological polar surface area (TPSA) is 106 Å². The number of fused-ring (bicyclic) bond motifs is 1. The van der Waals surface area contributed by atoms with Gasteiger partial charge in [-0.3, -0.25) is 4.98 Å². The van der Waals surface area contributed by atoms with Gasteiger partial charge in [0.05, 0.1) is 0 Å². The van der Waals surface area contributed by atoms with Crippen molar-refractivity contribution >= 4 is 23.0 Å². The Balaban J connectivity index is 1.64. The van der Waals surface area contributed by atoms with Gasteiger partial charge in [0.2, 0.25) is 11.7 Å². The van der Waals surface area contributed by atoms with E-state index in [0.717, 1.165) is 18.4 Å². The fourth-order valence-corrected chi connectivity index (χ4v) is 5.35. The third-order valence-corrected chi connectivity index (χ3v) is 7.97. The molecule has 0 amide bonds. The van der Waals surface area contributed by atoms with Crippen LogP contribution in [0.3, 0.4) is 0 Å². The van der Waals surface area contributed by atoms with Gasteiger partial charge >= 0.3 is 5.97 Å². The predicted molar refractivity (Wildman–Crippen MR) is 137 cm³/mol. The van der Waals surface area contributed by atoms with Gasteiger partial charge in [0, 0.05) is 31.6 Å². The standard InChI is InChI=1S/C27H34F2N6O2/c1-15(2)19-9-12-30-20(13-19)25-34-23-21(35(25)14-17-7-10-27(28,29)11-8-17)22(32-24(33-23)26(36)37)31-16(3)18-5-4-6-18/h9,12-13,15-18H,4-8,10-11,14H2,1-3H3,(H,36,37)(H,31,32,33)/t16-/m1/s1. The smallest absolute Gasteiger partial charge is 0.374 e. The molecule has 3 heterocycles. The average molecular weight is 513 g/mol. The van der Waals surface area contributed by atoms with Crippen LogP contribution in [0.15, 0.2) is 18.3 Å². The average Bonchev–Trinajstić information content (AvgIpc) is 3.17. The number of pyridine rings is 1. The van der Waals surface area contributed by atoms with Gasteiger partial charge in [-0.05, 0) is 68.1 Å². The number of hydrogen-bond acceptors (Lipinski definition) is 6. The monoisotopic (exact) mass is 512 g/mol. The van der Waals surface area contributed by atoms with E-state index >= 15 is 0 Å². The number of halogens is 2. The fraction of sp³-hybridized carbons (Fsp3) is 0.593. The van der Waals surface area contributed by atoms with Crippen molar-refractivity contribution in [1.29, 1.82) is 0 Å². The zero-order valence-electron chi connectivity index (χ0n) is 21.5. The minimum Gasteiger partial charge on any atom is -0.475 e. The maximum atomic E-state index is 13.9. The molecular formula is C27H34F2N6O2. The van der Waals surface area contributed by atoms with E-state index in [1.165, 1.54) is 6.42 Å².